The summed E-state index contributed by atoms with van der Waals surface area (Å²) in [6.45, 7) is 2.01. The number of nitrogens with one attached hydrogen (secondary N) is 1. The third kappa shape index (κ3) is 2.52. The van der Waals surface area contributed by atoms with Gasteiger partial charge in [-0.1, -0.05) is 15.9 Å². The topological polar surface area (TPSA) is 75.6 Å². The zero-order valence-corrected chi connectivity index (χ0v) is 12.9. The van der Waals surface area contributed by atoms with Gasteiger partial charge in [-0.05, 0) is 30.2 Å². The zero-order valence-electron chi connectivity index (χ0n) is 11.3. The molecule has 108 valence electrons. The van der Waals surface area contributed by atoms with E-state index in [-0.39, 0.29) is 6.42 Å². The van der Waals surface area contributed by atoms with Crippen LogP contribution in [0.1, 0.15) is 18.1 Å². The van der Waals surface area contributed by atoms with E-state index in [0.29, 0.717) is 12.4 Å². The standard InChI is InChI=1S/C14H16BrNO4/c1-14(13(18)19,12(17)16-2)7-9-6-10(15)5-8-3-4-20-11(8)9/h5-6H,3-4,7H2,1-2H3,(H,16,17)(H,18,19). The normalized spacial score (nSPS) is 15.9. The van der Waals surface area contributed by atoms with Gasteiger partial charge in [0.1, 0.15) is 11.2 Å². The molecule has 1 aromatic carbocycles. The molecule has 0 aliphatic carbocycles. The van der Waals surface area contributed by atoms with Crippen LogP contribution in [0.5, 0.6) is 5.75 Å². The lowest BCUT2D eigenvalue weighted by molar-refractivity contribution is -0.154. The summed E-state index contributed by atoms with van der Waals surface area (Å²) in [4.78, 5) is 23.4. The number of carbonyl (C=O) groups excluding carboxylic acids is 1. The SMILES string of the molecule is CNC(=O)C(C)(Cc1cc(Br)cc2c1OCC2)C(=O)O. The maximum Gasteiger partial charge on any atom is 0.319 e. The Hall–Kier alpha value is -1.56. The summed E-state index contributed by atoms with van der Waals surface area (Å²) in [6, 6.07) is 3.78. The molecule has 1 unspecified atom stereocenters. The number of carboxylic acids is 1. The fourth-order valence-electron chi connectivity index (χ4n) is 2.39. The molecule has 5 nitrogen and oxygen atoms in total. The van der Waals surface area contributed by atoms with Crippen molar-refractivity contribution in [2.45, 2.75) is 19.8 Å². The number of aliphatic carboxylic acids is 1. The highest BCUT2D eigenvalue weighted by Gasteiger charge is 2.42. The first-order chi connectivity index (χ1) is 9.38. The summed E-state index contributed by atoms with van der Waals surface area (Å²) in [5, 5.41) is 11.8. The maximum atomic E-state index is 11.9. The summed E-state index contributed by atoms with van der Waals surface area (Å²) >= 11 is 3.41. The summed E-state index contributed by atoms with van der Waals surface area (Å²) in [5.41, 5.74) is 0.259. The molecule has 1 heterocycles. The maximum absolute atomic E-state index is 11.9. The van der Waals surface area contributed by atoms with Crippen molar-refractivity contribution in [3.8, 4) is 5.75 Å². The average molecular weight is 342 g/mol. The quantitative estimate of drug-likeness (QED) is 0.818. The molecule has 20 heavy (non-hydrogen) atoms. The molecule has 1 aliphatic heterocycles. The van der Waals surface area contributed by atoms with Gasteiger partial charge in [-0.2, -0.15) is 0 Å². The van der Waals surface area contributed by atoms with Crippen molar-refractivity contribution in [1.29, 1.82) is 0 Å². The number of benzene rings is 1. The van der Waals surface area contributed by atoms with Crippen LogP contribution in [0.15, 0.2) is 16.6 Å². The minimum absolute atomic E-state index is 0.0871. The number of ether oxygens (including phenoxy) is 1. The number of carbonyl (C=O) groups is 2. The van der Waals surface area contributed by atoms with Crippen LogP contribution in [0.25, 0.3) is 0 Å². The Kier molecular flexibility index (Phi) is 4.04. The van der Waals surface area contributed by atoms with E-state index in [4.69, 9.17) is 4.74 Å². The molecule has 1 aliphatic rings. The minimum Gasteiger partial charge on any atom is -0.493 e. The molecular weight excluding hydrogens is 326 g/mol. The van der Waals surface area contributed by atoms with E-state index in [0.717, 1.165) is 22.0 Å². The molecule has 0 radical (unpaired) electrons. The van der Waals surface area contributed by atoms with Crippen LogP contribution in [-0.2, 0) is 22.4 Å². The first-order valence-corrected chi connectivity index (χ1v) is 7.07. The third-order valence-corrected chi connectivity index (χ3v) is 4.03. The van der Waals surface area contributed by atoms with Crippen molar-refractivity contribution >= 4 is 27.8 Å². The molecule has 2 rings (SSSR count). The highest BCUT2D eigenvalue weighted by molar-refractivity contribution is 9.10. The highest BCUT2D eigenvalue weighted by atomic mass is 79.9. The lowest BCUT2D eigenvalue weighted by Gasteiger charge is -2.24. The van der Waals surface area contributed by atoms with E-state index >= 15 is 0 Å². The molecule has 0 saturated carbocycles. The van der Waals surface area contributed by atoms with Crippen molar-refractivity contribution in [2.24, 2.45) is 5.41 Å². The van der Waals surface area contributed by atoms with Crippen molar-refractivity contribution in [3.05, 3.63) is 27.7 Å². The smallest absolute Gasteiger partial charge is 0.319 e. The largest absolute Gasteiger partial charge is 0.493 e. The Balaban J connectivity index is 2.42. The summed E-state index contributed by atoms with van der Waals surface area (Å²) in [7, 11) is 1.44. The number of carboxylic acid groups (broad SMARTS) is 1. The zero-order chi connectivity index (χ0) is 14.9. The molecule has 0 fully saturated rings. The van der Waals surface area contributed by atoms with Gasteiger partial charge in [0, 0.05) is 24.4 Å². The lowest BCUT2D eigenvalue weighted by atomic mass is 9.82. The van der Waals surface area contributed by atoms with E-state index < -0.39 is 17.3 Å². The Morgan fingerprint density at radius 3 is 2.80 bits per heavy atom. The molecule has 0 aromatic heterocycles. The van der Waals surface area contributed by atoms with Gasteiger partial charge in [-0.15, -0.1) is 0 Å². The number of hydrogen-bond acceptors (Lipinski definition) is 3. The van der Waals surface area contributed by atoms with Crippen LogP contribution >= 0.6 is 15.9 Å². The summed E-state index contributed by atoms with van der Waals surface area (Å²) in [5.74, 6) is -0.954. The van der Waals surface area contributed by atoms with Crippen molar-refractivity contribution < 1.29 is 19.4 Å². The first kappa shape index (κ1) is 14.8. The molecule has 0 bridgehead atoms. The van der Waals surface area contributed by atoms with Gasteiger partial charge in [0.05, 0.1) is 6.61 Å². The van der Waals surface area contributed by atoms with Crippen LogP contribution < -0.4 is 10.1 Å². The predicted molar refractivity (Wildman–Crippen MR) is 76.9 cm³/mol. The van der Waals surface area contributed by atoms with Crippen molar-refractivity contribution in [3.63, 3.8) is 0 Å². The Morgan fingerprint density at radius 1 is 1.50 bits per heavy atom. The van der Waals surface area contributed by atoms with E-state index in [1.54, 1.807) is 0 Å². The van der Waals surface area contributed by atoms with Crippen LogP contribution in [0.4, 0.5) is 0 Å². The highest BCUT2D eigenvalue weighted by Crippen LogP contribution is 2.37. The molecule has 1 atom stereocenters. The van der Waals surface area contributed by atoms with Crippen molar-refractivity contribution in [2.75, 3.05) is 13.7 Å². The molecule has 0 saturated heterocycles. The Bertz CT molecular complexity index is 573. The number of amides is 1. The van der Waals surface area contributed by atoms with Crippen LogP contribution in [-0.4, -0.2) is 30.6 Å². The van der Waals surface area contributed by atoms with Crippen LogP contribution in [0, 0.1) is 5.41 Å². The summed E-state index contributed by atoms with van der Waals surface area (Å²) < 4.78 is 6.44. The van der Waals surface area contributed by atoms with E-state index in [2.05, 4.69) is 21.2 Å². The molecule has 1 amide bonds. The lowest BCUT2D eigenvalue weighted by Crippen LogP contribution is -2.44. The number of fused-ring (bicyclic) bond motifs is 1. The van der Waals surface area contributed by atoms with Gasteiger partial charge in [-0.25, -0.2) is 0 Å². The van der Waals surface area contributed by atoms with Crippen molar-refractivity contribution in [1.82, 2.24) is 5.32 Å². The van der Waals surface area contributed by atoms with Crippen LogP contribution in [0.3, 0.4) is 0 Å². The van der Waals surface area contributed by atoms with E-state index in [9.17, 15) is 14.7 Å². The Morgan fingerprint density at radius 2 is 2.20 bits per heavy atom. The van der Waals surface area contributed by atoms with Gasteiger partial charge < -0.3 is 15.2 Å². The number of rotatable bonds is 4. The number of halogens is 1. The van der Waals surface area contributed by atoms with Gasteiger partial charge in [-0.3, -0.25) is 9.59 Å². The molecule has 1 aromatic rings. The minimum atomic E-state index is -1.52. The molecular formula is C14H16BrNO4. The van der Waals surface area contributed by atoms with Gasteiger partial charge in [0.25, 0.3) is 0 Å². The number of hydrogen-bond donors (Lipinski definition) is 2. The molecule has 0 spiro atoms. The predicted octanol–water partition coefficient (Wildman–Crippen LogP) is 1.76. The van der Waals surface area contributed by atoms with Gasteiger partial charge in [0.15, 0.2) is 0 Å². The fourth-order valence-corrected chi connectivity index (χ4v) is 2.94. The monoisotopic (exact) mass is 341 g/mol. The van der Waals surface area contributed by atoms with Crippen LogP contribution in [0.2, 0.25) is 0 Å². The van der Waals surface area contributed by atoms with E-state index in [1.807, 2.05) is 12.1 Å². The summed E-state index contributed by atoms with van der Waals surface area (Å²) in [6.07, 6.45) is 0.884. The molecule has 6 heteroatoms. The Labute approximate surface area is 125 Å². The van der Waals surface area contributed by atoms with Gasteiger partial charge in [0.2, 0.25) is 5.91 Å². The third-order valence-electron chi connectivity index (χ3n) is 3.57. The fraction of sp³-hybridized carbons (Fsp3) is 0.429. The molecule has 2 N–H and O–H groups in total. The second kappa shape index (κ2) is 5.44. The average Bonchev–Trinajstić information content (AvgIpc) is 2.85. The van der Waals surface area contributed by atoms with E-state index in [1.165, 1.54) is 14.0 Å². The second-order valence-electron chi connectivity index (χ2n) is 5.04. The first-order valence-electron chi connectivity index (χ1n) is 6.28. The second-order valence-corrected chi connectivity index (χ2v) is 5.96. The van der Waals surface area contributed by atoms with Gasteiger partial charge >= 0.3 is 5.97 Å².